The van der Waals surface area contributed by atoms with Crippen LogP contribution in [0.25, 0.3) is 11.1 Å². The molecule has 0 saturated heterocycles. The molecular formula is C37H50N2O. The molecular weight excluding hydrogens is 488 g/mol. The molecule has 1 aliphatic heterocycles. The van der Waals surface area contributed by atoms with Crippen LogP contribution >= 0.6 is 0 Å². The number of unbranched alkanes of at least 4 members (excludes halogenated alkanes) is 1. The first-order valence-electron chi connectivity index (χ1n) is 14.6. The van der Waals surface area contributed by atoms with E-state index in [-0.39, 0.29) is 11.0 Å². The van der Waals surface area contributed by atoms with Gasteiger partial charge in [-0.2, -0.15) is 0 Å². The number of nitrogens with one attached hydrogen (secondary N) is 1. The number of nitrogen functional groups attached to an aromatic ring is 1. The molecule has 0 amide bonds. The molecule has 0 bridgehead atoms. The Morgan fingerprint density at radius 3 is 1.85 bits per heavy atom. The van der Waals surface area contributed by atoms with Gasteiger partial charge in [-0.15, -0.1) is 0 Å². The fourth-order valence-corrected chi connectivity index (χ4v) is 4.14. The first-order valence-corrected chi connectivity index (χ1v) is 14.6. The van der Waals surface area contributed by atoms with E-state index < -0.39 is 0 Å². The van der Waals surface area contributed by atoms with E-state index in [4.69, 9.17) is 10.5 Å². The fourth-order valence-electron chi connectivity index (χ4n) is 4.14. The molecule has 0 aromatic heterocycles. The Bertz CT molecular complexity index is 1240. The minimum atomic E-state index is -0.212. The van der Waals surface area contributed by atoms with Crippen molar-refractivity contribution in [3.8, 4) is 5.75 Å². The highest BCUT2D eigenvalue weighted by Crippen LogP contribution is 2.38. The van der Waals surface area contributed by atoms with E-state index in [2.05, 4.69) is 103 Å². The minimum Gasteiger partial charge on any atom is -0.487 e. The largest absolute Gasteiger partial charge is 0.487 e. The van der Waals surface area contributed by atoms with Crippen LogP contribution in [0.1, 0.15) is 85.3 Å². The summed E-state index contributed by atoms with van der Waals surface area (Å²) in [6.07, 6.45) is 9.13. The van der Waals surface area contributed by atoms with Crippen LogP contribution in [-0.4, -0.2) is 5.60 Å². The van der Waals surface area contributed by atoms with Gasteiger partial charge in [-0.1, -0.05) is 127 Å². The minimum absolute atomic E-state index is 0.131. The smallest absolute Gasteiger partial charge is 0.122 e. The van der Waals surface area contributed by atoms with Gasteiger partial charge in [-0.25, -0.2) is 0 Å². The van der Waals surface area contributed by atoms with E-state index in [1.807, 2.05) is 54.7 Å². The predicted octanol–water partition coefficient (Wildman–Crippen LogP) is 10.3. The summed E-state index contributed by atoms with van der Waals surface area (Å²) in [6, 6.07) is 28.3. The second kappa shape index (κ2) is 15.8. The lowest BCUT2D eigenvalue weighted by molar-refractivity contribution is -0.0162. The van der Waals surface area contributed by atoms with E-state index in [9.17, 15) is 0 Å². The van der Waals surface area contributed by atoms with Crippen molar-refractivity contribution in [2.45, 2.75) is 79.8 Å². The quantitative estimate of drug-likeness (QED) is 0.280. The summed E-state index contributed by atoms with van der Waals surface area (Å²) in [5, 5.41) is 3.25. The highest BCUT2D eigenvalue weighted by Gasteiger charge is 2.38. The zero-order chi connectivity index (χ0) is 29.6. The van der Waals surface area contributed by atoms with Crippen molar-refractivity contribution in [2.24, 2.45) is 5.41 Å². The molecule has 1 aliphatic rings. The number of anilines is 1. The van der Waals surface area contributed by atoms with Gasteiger partial charge in [-0.3, -0.25) is 0 Å². The van der Waals surface area contributed by atoms with Crippen LogP contribution in [0.5, 0.6) is 5.75 Å². The monoisotopic (exact) mass is 538 g/mol. The molecule has 3 heteroatoms. The Kier molecular flexibility index (Phi) is 12.8. The topological polar surface area (TPSA) is 47.3 Å². The third-order valence-electron chi connectivity index (χ3n) is 7.45. The molecule has 4 rings (SSSR count). The SMILES string of the molecule is C=C1NC=C(c2ccccc2)C=C1c1ccccc1.CCCC.CCCC(C)(C)C(C)(C)Oc1cccc(N)c1. The normalized spacial score (nSPS) is 12.9. The number of nitrogens with two attached hydrogens (primary N) is 1. The number of hydrogen-bond acceptors (Lipinski definition) is 3. The summed E-state index contributed by atoms with van der Waals surface area (Å²) in [5.41, 5.74) is 12.1. The fraction of sp³-hybridized carbons (Fsp3) is 0.351. The third kappa shape index (κ3) is 9.79. The van der Waals surface area contributed by atoms with Gasteiger partial charge in [0, 0.05) is 34.6 Å². The number of ether oxygens (including phenoxy) is 1. The molecule has 3 nitrogen and oxygen atoms in total. The summed E-state index contributed by atoms with van der Waals surface area (Å²) >= 11 is 0. The van der Waals surface area contributed by atoms with Crippen LogP contribution in [-0.2, 0) is 0 Å². The van der Waals surface area contributed by atoms with Gasteiger partial charge in [0.25, 0.3) is 0 Å². The summed E-state index contributed by atoms with van der Waals surface area (Å²) in [7, 11) is 0. The predicted molar refractivity (Wildman–Crippen MR) is 176 cm³/mol. The molecule has 40 heavy (non-hydrogen) atoms. The molecule has 3 aromatic carbocycles. The van der Waals surface area contributed by atoms with E-state index in [0.29, 0.717) is 0 Å². The van der Waals surface area contributed by atoms with E-state index in [0.717, 1.165) is 35.5 Å². The molecule has 0 fully saturated rings. The standard InChI is InChI=1S/C18H15N.C15H25NO.C4H10/c1-14-18(16-10-6-3-7-11-16)12-17(13-19-14)15-8-4-2-5-9-15;1-6-10-14(2,3)15(4,5)17-13-9-7-8-12(16)11-13;1-3-4-2/h2-13,19H,1H2;7-9,11H,6,10,16H2,1-5H3;3-4H2,1-2H3. The van der Waals surface area contributed by atoms with Gasteiger partial charge < -0.3 is 15.8 Å². The highest BCUT2D eigenvalue weighted by molar-refractivity contribution is 5.91. The summed E-state index contributed by atoms with van der Waals surface area (Å²) in [6.45, 7) is 19.4. The average molecular weight is 539 g/mol. The number of benzene rings is 3. The average Bonchev–Trinajstić information content (AvgIpc) is 2.94. The lowest BCUT2D eigenvalue weighted by Gasteiger charge is -2.41. The lowest BCUT2D eigenvalue weighted by Crippen LogP contribution is -2.44. The molecule has 0 saturated carbocycles. The van der Waals surface area contributed by atoms with Crippen molar-refractivity contribution >= 4 is 16.8 Å². The van der Waals surface area contributed by atoms with Gasteiger partial charge in [0.1, 0.15) is 11.4 Å². The molecule has 214 valence electrons. The molecule has 0 atom stereocenters. The Morgan fingerprint density at radius 1 is 0.750 bits per heavy atom. The van der Waals surface area contributed by atoms with Crippen LogP contribution < -0.4 is 15.8 Å². The second-order valence-electron chi connectivity index (χ2n) is 11.3. The van der Waals surface area contributed by atoms with Crippen molar-refractivity contribution in [3.05, 3.63) is 121 Å². The van der Waals surface area contributed by atoms with Gasteiger partial charge >= 0.3 is 0 Å². The molecule has 3 N–H and O–H groups in total. The molecule has 3 aromatic rings. The zero-order valence-electron chi connectivity index (χ0n) is 25.8. The van der Waals surface area contributed by atoms with Crippen LogP contribution in [0, 0.1) is 5.41 Å². The van der Waals surface area contributed by atoms with Crippen LogP contribution in [0.2, 0.25) is 0 Å². The van der Waals surface area contributed by atoms with Crippen molar-refractivity contribution in [1.29, 1.82) is 0 Å². The van der Waals surface area contributed by atoms with E-state index >= 15 is 0 Å². The second-order valence-corrected chi connectivity index (χ2v) is 11.3. The third-order valence-corrected chi connectivity index (χ3v) is 7.45. The van der Waals surface area contributed by atoms with Crippen LogP contribution in [0.3, 0.4) is 0 Å². The van der Waals surface area contributed by atoms with Gasteiger partial charge in [0.2, 0.25) is 0 Å². The molecule has 0 spiro atoms. The van der Waals surface area contributed by atoms with Crippen LogP contribution in [0.15, 0.2) is 109 Å². The number of rotatable bonds is 8. The summed E-state index contributed by atoms with van der Waals surface area (Å²) < 4.78 is 6.12. The zero-order valence-corrected chi connectivity index (χ0v) is 25.8. The number of dihydropyridines is 1. The molecule has 1 heterocycles. The number of hydrogen-bond donors (Lipinski definition) is 2. The summed E-state index contributed by atoms with van der Waals surface area (Å²) in [5.74, 6) is 0.846. The van der Waals surface area contributed by atoms with Crippen molar-refractivity contribution in [1.82, 2.24) is 5.32 Å². The van der Waals surface area contributed by atoms with Crippen molar-refractivity contribution in [3.63, 3.8) is 0 Å². The van der Waals surface area contributed by atoms with Crippen molar-refractivity contribution < 1.29 is 4.74 Å². The first kappa shape index (κ1) is 32.5. The molecule has 0 aliphatic carbocycles. The lowest BCUT2D eigenvalue weighted by atomic mass is 9.74. The van der Waals surface area contributed by atoms with Gasteiger partial charge in [0.05, 0.1) is 0 Å². The Hall–Kier alpha value is -3.72. The molecule has 0 radical (unpaired) electrons. The Balaban J connectivity index is 0.000000249. The molecule has 0 unspecified atom stereocenters. The highest BCUT2D eigenvalue weighted by atomic mass is 16.5. The van der Waals surface area contributed by atoms with Gasteiger partial charge in [-0.05, 0) is 55.2 Å². The number of allylic oxidation sites excluding steroid dienone is 3. The first-order chi connectivity index (χ1) is 19.0. The maximum atomic E-state index is 6.12. The van der Waals surface area contributed by atoms with Gasteiger partial charge in [0.15, 0.2) is 0 Å². The maximum absolute atomic E-state index is 6.12. The van der Waals surface area contributed by atoms with Crippen molar-refractivity contribution in [2.75, 3.05) is 5.73 Å². The van der Waals surface area contributed by atoms with E-state index in [1.165, 1.54) is 29.5 Å². The Labute approximate surface area is 243 Å². The van der Waals surface area contributed by atoms with Crippen LogP contribution in [0.4, 0.5) is 5.69 Å². The maximum Gasteiger partial charge on any atom is 0.122 e. The van der Waals surface area contributed by atoms with E-state index in [1.54, 1.807) is 0 Å². The summed E-state index contributed by atoms with van der Waals surface area (Å²) in [4.78, 5) is 0. The Morgan fingerprint density at radius 2 is 1.32 bits per heavy atom.